The molecule has 0 amide bonds. The first-order valence-corrected chi connectivity index (χ1v) is 10.1. The van der Waals surface area contributed by atoms with Crippen molar-refractivity contribution in [2.75, 3.05) is 32.7 Å². The molecule has 0 spiro atoms. The van der Waals surface area contributed by atoms with E-state index >= 15 is 0 Å². The Bertz CT molecular complexity index is 1240. The predicted octanol–water partition coefficient (Wildman–Crippen LogP) is 5.09. The lowest BCUT2D eigenvalue weighted by Gasteiger charge is -2.15. The standard InChI is InChI=1S/C24H22F2N4O2/c1-31-10-4-9-28-24-19-11-16(18-13-17(25)6-7-20(18)26)12-21(32-2)22(19)29-23(30-24)15-5-3-8-27-14-15/h3,5-8,11-14H,4,9-10H2,1-2H3,(H,28,29,30). The van der Waals surface area contributed by atoms with Crippen LogP contribution in [-0.2, 0) is 4.74 Å². The molecule has 0 bridgehead atoms. The highest BCUT2D eigenvalue weighted by Gasteiger charge is 2.17. The van der Waals surface area contributed by atoms with E-state index in [1.165, 1.54) is 7.11 Å². The van der Waals surface area contributed by atoms with E-state index in [-0.39, 0.29) is 5.56 Å². The summed E-state index contributed by atoms with van der Waals surface area (Å²) in [6.45, 7) is 1.20. The summed E-state index contributed by atoms with van der Waals surface area (Å²) in [5.41, 5.74) is 1.89. The third kappa shape index (κ3) is 4.50. The lowest BCUT2D eigenvalue weighted by atomic mass is 10.0. The highest BCUT2D eigenvalue weighted by Crippen LogP contribution is 2.36. The molecule has 2 aromatic carbocycles. The predicted molar refractivity (Wildman–Crippen MR) is 120 cm³/mol. The first kappa shape index (κ1) is 21.6. The Balaban J connectivity index is 1.91. The monoisotopic (exact) mass is 436 g/mol. The van der Waals surface area contributed by atoms with E-state index in [0.717, 1.165) is 30.2 Å². The van der Waals surface area contributed by atoms with Crippen LogP contribution < -0.4 is 10.1 Å². The molecular weight excluding hydrogens is 414 g/mol. The van der Waals surface area contributed by atoms with Gasteiger partial charge in [0, 0.05) is 49.2 Å². The van der Waals surface area contributed by atoms with Gasteiger partial charge < -0.3 is 14.8 Å². The molecule has 2 aromatic heterocycles. The maximum Gasteiger partial charge on any atom is 0.163 e. The molecule has 0 saturated carbocycles. The van der Waals surface area contributed by atoms with Gasteiger partial charge in [0.1, 0.15) is 28.7 Å². The average Bonchev–Trinajstić information content (AvgIpc) is 2.83. The lowest BCUT2D eigenvalue weighted by molar-refractivity contribution is 0.198. The number of benzene rings is 2. The largest absolute Gasteiger partial charge is 0.494 e. The second-order valence-corrected chi connectivity index (χ2v) is 7.11. The maximum absolute atomic E-state index is 14.5. The second-order valence-electron chi connectivity index (χ2n) is 7.11. The van der Waals surface area contributed by atoms with E-state index in [1.54, 1.807) is 31.6 Å². The van der Waals surface area contributed by atoms with Crippen molar-refractivity contribution in [3.8, 4) is 28.3 Å². The third-order valence-corrected chi connectivity index (χ3v) is 4.96. The van der Waals surface area contributed by atoms with Crippen molar-refractivity contribution in [2.45, 2.75) is 6.42 Å². The highest BCUT2D eigenvalue weighted by molar-refractivity contribution is 5.97. The van der Waals surface area contributed by atoms with E-state index < -0.39 is 11.6 Å². The van der Waals surface area contributed by atoms with Gasteiger partial charge in [-0.25, -0.2) is 18.7 Å². The highest BCUT2D eigenvalue weighted by atomic mass is 19.1. The number of rotatable bonds is 8. The van der Waals surface area contributed by atoms with Crippen LogP contribution in [0.5, 0.6) is 5.75 Å². The molecule has 0 radical (unpaired) electrons. The van der Waals surface area contributed by atoms with Gasteiger partial charge >= 0.3 is 0 Å². The summed E-state index contributed by atoms with van der Waals surface area (Å²) in [4.78, 5) is 13.5. The topological polar surface area (TPSA) is 69.2 Å². The van der Waals surface area contributed by atoms with Crippen LogP contribution in [0.4, 0.5) is 14.6 Å². The van der Waals surface area contributed by atoms with Gasteiger partial charge in [-0.15, -0.1) is 0 Å². The number of methoxy groups -OCH3 is 2. The van der Waals surface area contributed by atoms with Gasteiger partial charge in [-0.05, 0) is 54.4 Å². The number of nitrogens with zero attached hydrogens (tertiary/aromatic N) is 3. The number of halogens is 2. The summed E-state index contributed by atoms with van der Waals surface area (Å²) >= 11 is 0. The van der Waals surface area contributed by atoms with Crippen LogP contribution in [-0.4, -0.2) is 42.3 Å². The SMILES string of the molecule is COCCCNc1nc(-c2cccnc2)nc2c(OC)cc(-c3cc(F)ccc3F)cc12. The molecular formula is C24H22F2N4O2. The van der Waals surface area contributed by atoms with Crippen LogP contribution in [0.1, 0.15) is 6.42 Å². The summed E-state index contributed by atoms with van der Waals surface area (Å²) < 4.78 is 39.0. The maximum atomic E-state index is 14.5. The summed E-state index contributed by atoms with van der Waals surface area (Å²) in [7, 11) is 3.16. The molecule has 164 valence electrons. The Kier molecular flexibility index (Phi) is 6.51. The lowest BCUT2D eigenvalue weighted by Crippen LogP contribution is -2.08. The van der Waals surface area contributed by atoms with Gasteiger partial charge in [0.2, 0.25) is 0 Å². The van der Waals surface area contributed by atoms with E-state index in [9.17, 15) is 8.78 Å². The summed E-state index contributed by atoms with van der Waals surface area (Å²) in [6.07, 6.45) is 4.12. The van der Waals surface area contributed by atoms with Gasteiger partial charge in [0.15, 0.2) is 5.82 Å². The van der Waals surface area contributed by atoms with Crippen molar-refractivity contribution < 1.29 is 18.3 Å². The zero-order valence-electron chi connectivity index (χ0n) is 17.7. The minimum Gasteiger partial charge on any atom is -0.494 e. The molecule has 4 rings (SSSR count). The summed E-state index contributed by atoms with van der Waals surface area (Å²) in [5, 5.41) is 3.95. The Morgan fingerprint density at radius 3 is 2.62 bits per heavy atom. The first-order chi connectivity index (χ1) is 15.6. The molecule has 4 aromatic rings. The normalized spacial score (nSPS) is 11.0. The molecule has 0 aliphatic rings. The van der Waals surface area contributed by atoms with E-state index in [2.05, 4.69) is 15.3 Å². The molecule has 8 heteroatoms. The van der Waals surface area contributed by atoms with Gasteiger partial charge in [0.25, 0.3) is 0 Å². The van der Waals surface area contributed by atoms with Crippen LogP contribution in [0, 0.1) is 11.6 Å². The molecule has 0 fully saturated rings. The Hall–Kier alpha value is -3.65. The van der Waals surface area contributed by atoms with Crippen molar-refractivity contribution in [1.82, 2.24) is 15.0 Å². The van der Waals surface area contributed by atoms with Crippen molar-refractivity contribution >= 4 is 16.7 Å². The molecule has 0 unspecified atom stereocenters. The van der Waals surface area contributed by atoms with Crippen molar-refractivity contribution in [3.63, 3.8) is 0 Å². The number of pyridine rings is 1. The zero-order valence-corrected chi connectivity index (χ0v) is 17.7. The third-order valence-electron chi connectivity index (χ3n) is 4.96. The number of hydrogen-bond donors (Lipinski definition) is 1. The Labute approximate surface area is 184 Å². The zero-order chi connectivity index (χ0) is 22.5. The van der Waals surface area contributed by atoms with Crippen LogP contribution in [0.3, 0.4) is 0 Å². The minimum absolute atomic E-state index is 0.131. The molecule has 0 saturated heterocycles. The van der Waals surface area contributed by atoms with E-state index in [0.29, 0.717) is 47.0 Å². The van der Waals surface area contributed by atoms with Crippen LogP contribution in [0.25, 0.3) is 33.4 Å². The number of fused-ring (bicyclic) bond motifs is 1. The fourth-order valence-corrected chi connectivity index (χ4v) is 3.41. The summed E-state index contributed by atoms with van der Waals surface area (Å²) in [5.74, 6) is 0.398. The van der Waals surface area contributed by atoms with Gasteiger partial charge in [-0.2, -0.15) is 0 Å². The Morgan fingerprint density at radius 1 is 1.00 bits per heavy atom. The summed E-state index contributed by atoms with van der Waals surface area (Å²) in [6, 6.07) is 10.4. The number of hydrogen-bond acceptors (Lipinski definition) is 6. The molecule has 6 nitrogen and oxygen atoms in total. The Morgan fingerprint density at radius 2 is 1.88 bits per heavy atom. The quantitative estimate of drug-likeness (QED) is 0.388. The fraction of sp³-hybridized carbons (Fsp3) is 0.208. The van der Waals surface area contributed by atoms with Crippen molar-refractivity contribution in [2.24, 2.45) is 0 Å². The molecule has 0 aliphatic heterocycles. The number of ether oxygens (including phenoxy) is 2. The molecule has 0 aliphatic carbocycles. The van der Waals surface area contributed by atoms with Crippen LogP contribution >= 0.6 is 0 Å². The van der Waals surface area contributed by atoms with E-state index in [1.807, 2.05) is 12.1 Å². The fourth-order valence-electron chi connectivity index (χ4n) is 3.41. The first-order valence-electron chi connectivity index (χ1n) is 10.1. The van der Waals surface area contributed by atoms with Crippen LogP contribution in [0.15, 0.2) is 54.9 Å². The van der Waals surface area contributed by atoms with Gasteiger partial charge in [-0.3, -0.25) is 4.98 Å². The van der Waals surface area contributed by atoms with Gasteiger partial charge in [-0.1, -0.05) is 0 Å². The number of aromatic nitrogens is 3. The smallest absolute Gasteiger partial charge is 0.163 e. The minimum atomic E-state index is -0.532. The van der Waals surface area contributed by atoms with Crippen molar-refractivity contribution in [3.05, 3.63) is 66.5 Å². The molecule has 32 heavy (non-hydrogen) atoms. The van der Waals surface area contributed by atoms with Gasteiger partial charge in [0.05, 0.1) is 7.11 Å². The molecule has 0 atom stereocenters. The number of anilines is 1. The molecule has 1 N–H and O–H groups in total. The van der Waals surface area contributed by atoms with E-state index in [4.69, 9.17) is 14.5 Å². The average molecular weight is 436 g/mol. The molecule has 2 heterocycles. The number of nitrogens with one attached hydrogen (secondary N) is 1. The van der Waals surface area contributed by atoms with Crippen molar-refractivity contribution in [1.29, 1.82) is 0 Å². The van der Waals surface area contributed by atoms with Crippen LogP contribution in [0.2, 0.25) is 0 Å². The second kappa shape index (κ2) is 9.65.